The van der Waals surface area contributed by atoms with Crippen LogP contribution in [-0.2, 0) is 0 Å². The van der Waals surface area contributed by atoms with Crippen molar-refractivity contribution in [3.8, 4) is 0 Å². The smallest absolute Gasteiger partial charge is 0.186 e. The van der Waals surface area contributed by atoms with Crippen LogP contribution in [0, 0.1) is 6.92 Å². The molecule has 0 unspecified atom stereocenters. The zero-order chi connectivity index (χ0) is 11.8. The molecular formula is C11H17N3OS. The second-order valence-electron chi connectivity index (χ2n) is 3.43. The van der Waals surface area contributed by atoms with Crippen LogP contribution < -0.4 is 10.7 Å². The van der Waals surface area contributed by atoms with E-state index in [1.54, 1.807) is 6.21 Å². The van der Waals surface area contributed by atoms with Gasteiger partial charge in [0.15, 0.2) is 5.11 Å². The number of thiocarbonyl (C=S) groups is 1. The average molecular weight is 239 g/mol. The van der Waals surface area contributed by atoms with Crippen molar-refractivity contribution in [1.82, 2.24) is 10.7 Å². The minimum absolute atomic E-state index is 0.535. The van der Waals surface area contributed by atoms with Crippen LogP contribution in [0.2, 0.25) is 0 Å². The molecule has 0 spiro atoms. The Labute approximate surface area is 101 Å². The van der Waals surface area contributed by atoms with E-state index in [1.165, 1.54) is 0 Å². The highest BCUT2D eigenvalue weighted by molar-refractivity contribution is 7.80. The first-order valence-electron chi connectivity index (χ1n) is 5.35. The Balaban J connectivity index is 2.23. The number of hydrogen-bond donors (Lipinski definition) is 2. The molecule has 88 valence electrons. The molecule has 0 fully saturated rings. The van der Waals surface area contributed by atoms with E-state index in [9.17, 15) is 0 Å². The third-order valence-electron chi connectivity index (χ3n) is 1.93. The summed E-state index contributed by atoms with van der Waals surface area (Å²) < 4.78 is 5.31. The summed E-state index contributed by atoms with van der Waals surface area (Å²) in [5, 5.41) is 7.55. The van der Waals surface area contributed by atoms with Crippen molar-refractivity contribution < 1.29 is 4.42 Å². The molecule has 0 saturated carbocycles. The quantitative estimate of drug-likeness (QED) is 0.358. The van der Waals surface area contributed by atoms with E-state index in [4.69, 9.17) is 16.6 Å². The van der Waals surface area contributed by atoms with Gasteiger partial charge in [-0.05, 0) is 37.7 Å². The van der Waals surface area contributed by atoms with Crippen LogP contribution >= 0.6 is 12.2 Å². The Morgan fingerprint density at radius 1 is 1.56 bits per heavy atom. The van der Waals surface area contributed by atoms with Gasteiger partial charge in [0.25, 0.3) is 0 Å². The van der Waals surface area contributed by atoms with Crippen molar-refractivity contribution in [2.24, 2.45) is 5.10 Å². The predicted molar refractivity (Wildman–Crippen MR) is 69.7 cm³/mol. The molecule has 0 aromatic carbocycles. The summed E-state index contributed by atoms with van der Waals surface area (Å²) in [6, 6.07) is 3.74. The molecule has 1 rings (SSSR count). The summed E-state index contributed by atoms with van der Waals surface area (Å²) in [7, 11) is 0. The zero-order valence-electron chi connectivity index (χ0n) is 9.62. The van der Waals surface area contributed by atoms with Crippen LogP contribution in [0.4, 0.5) is 0 Å². The van der Waals surface area contributed by atoms with Crippen LogP contribution in [0.1, 0.15) is 31.3 Å². The van der Waals surface area contributed by atoms with Crippen molar-refractivity contribution in [1.29, 1.82) is 0 Å². The monoisotopic (exact) mass is 239 g/mol. The van der Waals surface area contributed by atoms with Gasteiger partial charge in [-0.15, -0.1) is 0 Å². The zero-order valence-corrected chi connectivity index (χ0v) is 10.4. The second kappa shape index (κ2) is 7.00. The van der Waals surface area contributed by atoms with Crippen molar-refractivity contribution in [3.63, 3.8) is 0 Å². The maximum atomic E-state index is 5.31. The maximum absolute atomic E-state index is 5.31. The number of rotatable bonds is 5. The molecule has 1 aromatic rings. The molecule has 0 aliphatic heterocycles. The first-order valence-corrected chi connectivity index (χ1v) is 5.76. The number of aryl methyl sites for hydroxylation is 1. The molecular weight excluding hydrogens is 222 g/mol. The van der Waals surface area contributed by atoms with Crippen molar-refractivity contribution in [3.05, 3.63) is 23.7 Å². The van der Waals surface area contributed by atoms with Gasteiger partial charge < -0.3 is 9.73 Å². The van der Waals surface area contributed by atoms with E-state index in [2.05, 4.69) is 22.8 Å². The second-order valence-corrected chi connectivity index (χ2v) is 3.84. The van der Waals surface area contributed by atoms with Gasteiger partial charge in [-0.2, -0.15) is 5.10 Å². The maximum Gasteiger partial charge on any atom is 0.186 e. The Hall–Kier alpha value is -1.36. The van der Waals surface area contributed by atoms with Gasteiger partial charge in [-0.1, -0.05) is 13.3 Å². The summed E-state index contributed by atoms with van der Waals surface area (Å²) in [5.41, 5.74) is 2.73. The van der Waals surface area contributed by atoms with Crippen LogP contribution in [0.15, 0.2) is 21.7 Å². The lowest BCUT2D eigenvalue weighted by Gasteiger charge is -2.04. The highest BCUT2D eigenvalue weighted by Crippen LogP contribution is 2.02. The molecule has 1 heterocycles. The van der Waals surface area contributed by atoms with Crippen molar-refractivity contribution >= 4 is 23.5 Å². The van der Waals surface area contributed by atoms with Gasteiger partial charge in [-0.3, -0.25) is 5.43 Å². The van der Waals surface area contributed by atoms with E-state index in [1.807, 2.05) is 19.1 Å². The Morgan fingerprint density at radius 3 is 3.00 bits per heavy atom. The Morgan fingerprint density at radius 2 is 2.38 bits per heavy atom. The van der Waals surface area contributed by atoms with Crippen LogP contribution in [0.25, 0.3) is 0 Å². The van der Waals surface area contributed by atoms with E-state index in [-0.39, 0.29) is 0 Å². The van der Waals surface area contributed by atoms with E-state index in [0.29, 0.717) is 10.9 Å². The largest absolute Gasteiger partial charge is 0.460 e. The number of furan rings is 1. The minimum Gasteiger partial charge on any atom is -0.460 e. The number of unbranched alkanes of at least 4 members (excludes halogenated alkanes) is 1. The van der Waals surface area contributed by atoms with Gasteiger partial charge in [0.2, 0.25) is 0 Å². The topological polar surface area (TPSA) is 49.6 Å². The summed E-state index contributed by atoms with van der Waals surface area (Å²) >= 11 is 5.02. The van der Waals surface area contributed by atoms with Gasteiger partial charge >= 0.3 is 0 Å². The van der Waals surface area contributed by atoms with E-state index >= 15 is 0 Å². The number of nitrogens with one attached hydrogen (secondary N) is 2. The molecule has 2 N–H and O–H groups in total. The predicted octanol–water partition coefficient (Wildman–Crippen LogP) is 2.19. The summed E-state index contributed by atoms with van der Waals surface area (Å²) in [6.45, 7) is 4.90. The first kappa shape index (κ1) is 12.7. The molecule has 0 atom stereocenters. The van der Waals surface area contributed by atoms with Gasteiger partial charge in [0.1, 0.15) is 11.5 Å². The molecule has 0 bridgehead atoms. The molecule has 4 nitrogen and oxygen atoms in total. The van der Waals surface area contributed by atoms with Gasteiger partial charge in [-0.25, -0.2) is 0 Å². The third-order valence-corrected chi connectivity index (χ3v) is 2.17. The fourth-order valence-electron chi connectivity index (χ4n) is 1.10. The fraction of sp³-hybridized carbons (Fsp3) is 0.455. The van der Waals surface area contributed by atoms with Crippen LogP contribution in [0.3, 0.4) is 0 Å². The minimum atomic E-state index is 0.535. The fourth-order valence-corrected chi connectivity index (χ4v) is 1.25. The van der Waals surface area contributed by atoms with Crippen molar-refractivity contribution in [2.75, 3.05) is 6.54 Å². The third kappa shape index (κ3) is 4.93. The normalized spacial score (nSPS) is 10.6. The van der Waals surface area contributed by atoms with E-state index in [0.717, 1.165) is 25.1 Å². The molecule has 0 aliphatic carbocycles. The summed E-state index contributed by atoms with van der Waals surface area (Å²) in [4.78, 5) is 0. The molecule has 0 saturated heterocycles. The molecule has 1 aromatic heterocycles. The first-order chi connectivity index (χ1) is 7.72. The average Bonchev–Trinajstić information content (AvgIpc) is 2.65. The molecule has 0 radical (unpaired) electrons. The lowest BCUT2D eigenvalue weighted by Crippen LogP contribution is -2.32. The number of hydrogen-bond acceptors (Lipinski definition) is 3. The Bertz CT molecular complexity index is 360. The van der Waals surface area contributed by atoms with E-state index < -0.39 is 0 Å². The molecule has 16 heavy (non-hydrogen) atoms. The lowest BCUT2D eigenvalue weighted by molar-refractivity contribution is 0.527. The molecule has 5 heteroatoms. The standard InChI is InChI=1S/C11H17N3OS/c1-3-4-7-12-11(16)14-13-8-10-6-5-9(2)15-10/h5-6,8H,3-4,7H2,1-2H3,(H2,12,14,16)/b13-8-. The van der Waals surface area contributed by atoms with Crippen molar-refractivity contribution in [2.45, 2.75) is 26.7 Å². The number of hydrazone groups is 1. The molecule has 0 aliphatic rings. The SMILES string of the molecule is CCCCNC(=S)N/N=C\c1ccc(C)o1. The van der Waals surface area contributed by atoms with Gasteiger partial charge in [0, 0.05) is 6.54 Å². The highest BCUT2D eigenvalue weighted by Gasteiger charge is 1.94. The summed E-state index contributed by atoms with van der Waals surface area (Å²) in [6.07, 6.45) is 3.84. The van der Waals surface area contributed by atoms with Crippen LogP contribution in [-0.4, -0.2) is 17.9 Å². The highest BCUT2D eigenvalue weighted by atomic mass is 32.1. The van der Waals surface area contributed by atoms with Gasteiger partial charge in [0.05, 0.1) is 6.21 Å². The molecule has 0 amide bonds. The Kier molecular flexibility index (Phi) is 5.56. The lowest BCUT2D eigenvalue weighted by atomic mass is 10.3. The summed E-state index contributed by atoms with van der Waals surface area (Å²) in [5.74, 6) is 1.58. The van der Waals surface area contributed by atoms with Crippen LogP contribution in [0.5, 0.6) is 0 Å². The number of nitrogens with zero attached hydrogens (tertiary/aromatic N) is 1.